The van der Waals surface area contributed by atoms with Crippen LogP contribution in [0.3, 0.4) is 0 Å². The highest BCUT2D eigenvalue weighted by molar-refractivity contribution is 6.99. The molecule has 0 saturated carbocycles. The van der Waals surface area contributed by atoms with E-state index in [1.54, 1.807) is 0 Å². The van der Waals surface area contributed by atoms with Gasteiger partial charge < -0.3 is 9.80 Å². The monoisotopic (exact) mass is 223 g/mol. The standard InChI is InChI=1S/C9H13N5S/c1-13-4-6-14(7-5-13)9-8(2-3-10)11-15-12-9/h2,4-7H2,1H3. The van der Waals surface area contributed by atoms with E-state index in [4.69, 9.17) is 5.26 Å². The van der Waals surface area contributed by atoms with Crippen molar-refractivity contribution < 1.29 is 0 Å². The van der Waals surface area contributed by atoms with E-state index in [0.717, 1.165) is 37.7 Å². The fraction of sp³-hybridized carbons (Fsp3) is 0.667. The van der Waals surface area contributed by atoms with Crippen molar-refractivity contribution in [2.75, 3.05) is 38.1 Å². The molecule has 80 valence electrons. The summed E-state index contributed by atoms with van der Waals surface area (Å²) in [4.78, 5) is 4.51. The minimum absolute atomic E-state index is 0.359. The van der Waals surface area contributed by atoms with Crippen molar-refractivity contribution in [2.45, 2.75) is 6.42 Å². The maximum atomic E-state index is 8.66. The molecule has 1 aromatic heterocycles. The van der Waals surface area contributed by atoms with Crippen molar-refractivity contribution >= 4 is 17.5 Å². The largest absolute Gasteiger partial charge is 0.352 e. The zero-order valence-corrected chi connectivity index (χ0v) is 9.50. The minimum atomic E-state index is 0.359. The van der Waals surface area contributed by atoms with Gasteiger partial charge in [-0.15, -0.1) is 0 Å². The molecular weight excluding hydrogens is 210 g/mol. The Kier molecular flexibility index (Phi) is 3.14. The fourth-order valence-corrected chi connectivity index (χ4v) is 2.23. The summed E-state index contributed by atoms with van der Waals surface area (Å²) in [6, 6.07) is 2.13. The molecule has 1 fully saturated rings. The van der Waals surface area contributed by atoms with Crippen LogP contribution in [0.2, 0.25) is 0 Å². The highest BCUT2D eigenvalue weighted by atomic mass is 32.1. The van der Waals surface area contributed by atoms with Gasteiger partial charge in [0.25, 0.3) is 0 Å². The van der Waals surface area contributed by atoms with Gasteiger partial charge in [0.05, 0.1) is 24.2 Å². The van der Waals surface area contributed by atoms with E-state index < -0.39 is 0 Å². The fourth-order valence-electron chi connectivity index (χ4n) is 1.65. The summed E-state index contributed by atoms with van der Waals surface area (Å²) in [5.41, 5.74) is 0.826. The Labute approximate surface area is 93.3 Å². The Bertz CT molecular complexity index is 361. The molecule has 0 aliphatic carbocycles. The van der Waals surface area contributed by atoms with Crippen LogP contribution < -0.4 is 4.90 Å². The van der Waals surface area contributed by atoms with Gasteiger partial charge in [-0.05, 0) is 7.05 Å². The van der Waals surface area contributed by atoms with Crippen molar-refractivity contribution in [3.63, 3.8) is 0 Å². The van der Waals surface area contributed by atoms with Crippen LogP contribution in [0.5, 0.6) is 0 Å². The van der Waals surface area contributed by atoms with Crippen LogP contribution in [0, 0.1) is 11.3 Å². The summed E-state index contributed by atoms with van der Waals surface area (Å²) in [5.74, 6) is 0.912. The number of aromatic nitrogens is 2. The molecule has 5 nitrogen and oxygen atoms in total. The van der Waals surface area contributed by atoms with Crippen molar-refractivity contribution in [1.82, 2.24) is 13.6 Å². The van der Waals surface area contributed by atoms with Crippen LogP contribution in [-0.4, -0.2) is 46.9 Å². The van der Waals surface area contributed by atoms with E-state index in [1.807, 2.05) is 0 Å². The molecular formula is C9H13N5S. The van der Waals surface area contributed by atoms with Crippen LogP contribution in [0.15, 0.2) is 0 Å². The molecule has 0 atom stereocenters. The highest BCUT2D eigenvalue weighted by Crippen LogP contribution is 2.19. The normalized spacial score (nSPS) is 17.7. The van der Waals surface area contributed by atoms with Crippen LogP contribution in [-0.2, 0) is 6.42 Å². The summed E-state index contributed by atoms with van der Waals surface area (Å²) < 4.78 is 8.42. The number of piperazine rings is 1. The van der Waals surface area contributed by atoms with Gasteiger partial charge in [-0.3, -0.25) is 0 Å². The summed E-state index contributed by atoms with van der Waals surface area (Å²) in [5, 5.41) is 8.66. The summed E-state index contributed by atoms with van der Waals surface area (Å²) in [6.45, 7) is 4.04. The second-order valence-corrected chi connectivity index (χ2v) is 4.19. The first kappa shape index (κ1) is 10.3. The van der Waals surface area contributed by atoms with Crippen LogP contribution >= 0.6 is 11.7 Å². The van der Waals surface area contributed by atoms with Gasteiger partial charge in [0, 0.05) is 26.2 Å². The number of likely N-dealkylation sites (N-methyl/N-ethyl adjacent to an activating group) is 1. The summed E-state index contributed by atoms with van der Waals surface area (Å²) in [6.07, 6.45) is 0.359. The lowest BCUT2D eigenvalue weighted by atomic mass is 10.2. The van der Waals surface area contributed by atoms with E-state index in [2.05, 4.69) is 31.7 Å². The van der Waals surface area contributed by atoms with Gasteiger partial charge >= 0.3 is 0 Å². The van der Waals surface area contributed by atoms with Gasteiger partial charge in [-0.25, -0.2) is 0 Å². The van der Waals surface area contributed by atoms with Gasteiger partial charge in [-0.1, -0.05) is 0 Å². The molecule has 1 aromatic rings. The van der Waals surface area contributed by atoms with Gasteiger partial charge in [-0.2, -0.15) is 14.0 Å². The zero-order chi connectivity index (χ0) is 10.7. The molecule has 1 saturated heterocycles. The molecule has 2 rings (SSSR count). The number of nitriles is 1. The van der Waals surface area contributed by atoms with E-state index >= 15 is 0 Å². The van der Waals surface area contributed by atoms with Gasteiger partial charge in [0.1, 0.15) is 5.69 Å². The third-order valence-corrected chi connectivity index (χ3v) is 3.14. The van der Waals surface area contributed by atoms with Crippen LogP contribution in [0.1, 0.15) is 5.69 Å². The topological polar surface area (TPSA) is 56.1 Å². The number of rotatable bonds is 2. The van der Waals surface area contributed by atoms with E-state index in [9.17, 15) is 0 Å². The van der Waals surface area contributed by atoms with Crippen molar-refractivity contribution in [2.24, 2.45) is 0 Å². The summed E-state index contributed by atoms with van der Waals surface area (Å²) in [7, 11) is 2.12. The first-order valence-corrected chi connectivity index (χ1v) is 5.66. The Balaban J connectivity index is 2.09. The Morgan fingerprint density at radius 1 is 1.33 bits per heavy atom. The number of hydrogen-bond donors (Lipinski definition) is 0. The molecule has 0 N–H and O–H groups in total. The number of nitrogens with zero attached hydrogens (tertiary/aromatic N) is 5. The number of hydrogen-bond acceptors (Lipinski definition) is 6. The third kappa shape index (κ3) is 2.25. The Morgan fingerprint density at radius 3 is 2.73 bits per heavy atom. The highest BCUT2D eigenvalue weighted by Gasteiger charge is 2.19. The van der Waals surface area contributed by atoms with Gasteiger partial charge in [0.2, 0.25) is 0 Å². The summed E-state index contributed by atoms with van der Waals surface area (Å²) >= 11 is 1.19. The second kappa shape index (κ2) is 4.55. The lowest BCUT2D eigenvalue weighted by Crippen LogP contribution is -2.44. The molecule has 1 aliphatic rings. The molecule has 0 aromatic carbocycles. The van der Waals surface area contributed by atoms with Crippen molar-refractivity contribution in [1.29, 1.82) is 5.26 Å². The molecule has 0 amide bonds. The molecule has 15 heavy (non-hydrogen) atoms. The lowest BCUT2D eigenvalue weighted by molar-refractivity contribution is 0.312. The van der Waals surface area contributed by atoms with Crippen molar-refractivity contribution in [3.8, 4) is 6.07 Å². The van der Waals surface area contributed by atoms with Crippen LogP contribution in [0.4, 0.5) is 5.82 Å². The second-order valence-electron chi connectivity index (χ2n) is 3.66. The van der Waals surface area contributed by atoms with E-state index in [1.165, 1.54) is 11.7 Å². The molecule has 2 heterocycles. The van der Waals surface area contributed by atoms with Gasteiger partial charge in [0.15, 0.2) is 5.82 Å². The number of anilines is 1. The van der Waals surface area contributed by atoms with E-state index in [-0.39, 0.29) is 0 Å². The first-order chi connectivity index (χ1) is 7.31. The van der Waals surface area contributed by atoms with Crippen molar-refractivity contribution in [3.05, 3.63) is 5.69 Å². The molecule has 0 radical (unpaired) electrons. The first-order valence-electron chi connectivity index (χ1n) is 4.93. The smallest absolute Gasteiger partial charge is 0.167 e. The zero-order valence-electron chi connectivity index (χ0n) is 8.68. The average molecular weight is 223 g/mol. The van der Waals surface area contributed by atoms with E-state index in [0.29, 0.717) is 6.42 Å². The minimum Gasteiger partial charge on any atom is -0.352 e. The predicted molar refractivity (Wildman–Crippen MR) is 58.9 cm³/mol. The maximum Gasteiger partial charge on any atom is 0.167 e. The lowest BCUT2D eigenvalue weighted by Gasteiger charge is -2.32. The molecule has 0 spiro atoms. The Morgan fingerprint density at radius 2 is 2.07 bits per heavy atom. The van der Waals surface area contributed by atoms with Crippen LogP contribution in [0.25, 0.3) is 0 Å². The maximum absolute atomic E-state index is 8.66. The molecule has 0 unspecified atom stereocenters. The predicted octanol–water partition coefficient (Wildman–Crippen LogP) is 0.356. The average Bonchev–Trinajstić information content (AvgIpc) is 2.68. The molecule has 0 bridgehead atoms. The SMILES string of the molecule is CN1CCN(c2nsnc2CC#N)CC1. The Hall–Kier alpha value is -1.19. The third-order valence-electron chi connectivity index (χ3n) is 2.59. The quantitative estimate of drug-likeness (QED) is 0.724. The molecule has 6 heteroatoms. The molecule has 1 aliphatic heterocycles.